The van der Waals surface area contributed by atoms with Crippen molar-refractivity contribution in [3.8, 4) is 0 Å². The molecule has 1 amide bonds. The summed E-state index contributed by atoms with van der Waals surface area (Å²) in [7, 11) is 0. The van der Waals surface area contributed by atoms with Gasteiger partial charge in [0.1, 0.15) is 6.10 Å². The number of para-hydroxylation sites is 1. The summed E-state index contributed by atoms with van der Waals surface area (Å²) in [4.78, 5) is 14.5. The molecule has 1 aliphatic carbocycles. The van der Waals surface area contributed by atoms with Crippen molar-refractivity contribution in [3.05, 3.63) is 29.8 Å². The minimum atomic E-state index is -0.158. The van der Waals surface area contributed by atoms with Crippen LogP contribution >= 0.6 is 0 Å². The molecule has 0 spiro atoms. The van der Waals surface area contributed by atoms with Gasteiger partial charge in [0.15, 0.2) is 0 Å². The smallest absolute Gasteiger partial charge is 0.414 e. The summed E-state index contributed by atoms with van der Waals surface area (Å²) >= 11 is 0. The van der Waals surface area contributed by atoms with Gasteiger partial charge in [-0.25, -0.2) is 4.79 Å². The van der Waals surface area contributed by atoms with Crippen molar-refractivity contribution >= 4 is 11.8 Å². The summed E-state index contributed by atoms with van der Waals surface area (Å²) in [6.45, 7) is 7.49. The van der Waals surface area contributed by atoms with Crippen LogP contribution in [0.25, 0.3) is 0 Å². The number of anilines is 1. The van der Waals surface area contributed by atoms with Crippen LogP contribution in [0.3, 0.4) is 0 Å². The summed E-state index contributed by atoms with van der Waals surface area (Å²) in [5.74, 6) is 1.72. The fraction of sp³-hybridized carbons (Fsp3) is 0.632. The highest BCUT2D eigenvalue weighted by molar-refractivity contribution is 5.90. The molecule has 3 rings (SSSR count). The van der Waals surface area contributed by atoms with Crippen LogP contribution in [0.1, 0.15) is 45.6 Å². The number of ether oxygens (including phenoxy) is 1. The molecule has 120 valence electrons. The molecule has 1 heterocycles. The zero-order valence-electron chi connectivity index (χ0n) is 13.9. The molecule has 22 heavy (non-hydrogen) atoms. The highest BCUT2D eigenvalue weighted by atomic mass is 16.6. The molecule has 1 aromatic rings. The lowest BCUT2D eigenvalue weighted by atomic mass is 9.75. The molecule has 3 heteroatoms. The number of amides is 1. The molecule has 1 saturated carbocycles. The van der Waals surface area contributed by atoms with Crippen molar-refractivity contribution < 1.29 is 9.53 Å². The van der Waals surface area contributed by atoms with E-state index in [1.807, 2.05) is 23.1 Å². The zero-order valence-corrected chi connectivity index (χ0v) is 13.9. The first-order chi connectivity index (χ1) is 10.6. The number of carbonyl (C=O) groups excluding carboxylic acids is 1. The van der Waals surface area contributed by atoms with Gasteiger partial charge in [-0.1, -0.05) is 45.4 Å². The molecule has 1 aromatic carbocycles. The maximum absolute atomic E-state index is 12.7. The third kappa shape index (κ3) is 2.99. The predicted molar refractivity (Wildman–Crippen MR) is 89.1 cm³/mol. The van der Waals surface area contributed by atoms with E-state index in [2.05, 4.69) is 26.8 Å². The highest BCUT2D eigenvalue weighted by Gasteiger charge is 2.35. The van der Waals surface area contributed by atoms with Crippen LogP contribution in [-0.2, 0) is 11.2 Å². The van der Waals surface area contributed by atoms with E-state index >= 15 is 0 Å². The molecule has 1 aliphatic heterocycles. The van der Waals surface area contributed by atoms with Crippen molar-refractivity contribution in [3.63, 3.8) is 0 Å². The van der Waals surface area contributed by atoms with Crippen molar-refractivity contribution in [2.24, 2.45) is 17.8 Å². The Hall–Kier alpha value is -1.51. The Bertz CT molecular complexity index is 540. The van der Waals surface area contributed by atoms with Crippen LogP contribution in [0.4, 0.5) is 10.5 Å². The van der Waals surface area contributed by atoms with Gasteiger partial charge in [-0.2, -0.15) is 0 Å². The van der Waals surface area contributed by atoms with Gasteiger partial charge in [-0.3, -0.25) is 4.90 Å². The lowest BCUT2D eigenvalue weighted by molar-refractivity contribution is 0.00960. The Kier molecular flexibility index (Phi) is 4.42. The fourth-order valence-electron chi connectivity index (χ4n) is 3.97. The topological polar surface area (TPSA) is 29.5 Å². The Morgan fingerprint density at radius 2 is 2.05 bits per heavy atom. The Labute approximate surface area is 133 Å². The van der Waals surface area contributed by atoms with E-state index in [0.29, 0.717) is 17.8 Å². The number of hydrogen-bond donors (Lipinski definition) is 0. The van der Waals surface area contributed by atoms with Gasteiger partial charge in [-0.05, 0) is 48.6 Å². The maximum atomic E-state index is 12.7. The van der Waals surface area contributed by atoms with Crippen LogP contribution in [0.5, 0.6) is 0 Å². The van der Waals surface area contributed by atoms with Gasteiger partial charge in [0, 0.05) is 6.54 Å². The zero-order chi connectivity index (χ0) is 15.7. The summed E-state index contributed by atoms with van der Waals surface area (Å²) in [6.07, 6.45) is 4.28. The Balaban J connectivity index is 1.71. The quantitative estimate of drug-likeness (QED) is 0.796. The third-order valence-electron chi connectivity index (χ3n) is 5.32. The monoisotopic (exact) mass is 301 g/mol. The van der Waals surface area contributed by atoms with Gasteiger partial charge in [-0.15, -0.1) is 0 Å². The number of nitrogens with zero attached hydrogens (tertiary/aromatic N) is 1. The molecular formula is C19H27NO2. The van der Waals surface area contributed by atoms with E-state index in [-0.39, 0.29) is 12.2 Å². The van der Waals surface area contributed by atoms with Crippen LogP contribution in [-0.4, -0.2) is 18.7 Å². The number of rotatable bonds is 2. The minimum absolute atomic E-state index is 0.0732. The van der Waals surface area contributed by atoms with Gasteiger partial charge < -0.3 is 4.74 Å². The maximum Gasteiger partial charge on any atom is 0.414 e. The summed E-state index contributed by atoms with van der Waals surface area (Å²) in [6, 6.07) is 8.14. The van der Waals surface area contributed by atoms with E-state index in [4.69, 9.17) is 4.74 Å². The van der Waals surface area contributed by atoms with Gasteiger partial charge >= 0.3 is 6.09 Å². The third-order valence-corrected chi connectivity index (χ3v) is 5.32. The SMILES string of the molecule is CC(C)[C@@H]1CC[C@@H](C)C[C@H]1OC(=O)N1CCc2ccccc21. The molecule has 0 N–H and O–H groups in total. The number of fused-ring (bicyclic) bond motifs is 1. The highest BCUT2D eigenvalue weighted by Crippen LogP contribution is 2.36. The second-order valence-corrected chi connectivity index (χ2v) is 7.28. The molecule has 0 radical (unpaired) electrons. The number of benzene rings is 1. The predicted octanol–water partition coefficient (Wildman–Crippen LogP) is 4.65. The molecule has 3 nitrogen and oxygen atoms in total. The van der Waals surface area contributed by atoms with Crippen molar-refractivity contribution in [2.75, 3.05) is 11.4 Å². The normalized spacial score (nSPS) is 27.8. The van der Waals surface area contributed by atoms with E-state index in [1.54, 1.807) is 0 Å². The number of carbonyl (C=O) groups is 1. The summed E-state index contributed by atoms with van der Waals surface area (Å²) in [5.41, 5.74) is 2.27. The number of hydrogen-bond acceptors (Lipinski definition) is 2. The molecule has 0 unspecified atom stereocenters. The first-order valence-corrected chi connectivity index (χ1v) is 8.62. The average Bonchev–Trinajstić information content (AvgIpc) is 2.91. The molecule has 3 atom stereocenters. The van der Waals surface area contributed by atoms with Crippen LogP contribution in [0, 0.1) is 17.8 Å². The van der Waals surface area contributed by atoms with Crippen LogP contribution < -0.4 is 4.90 Å². The molecule has 0 saturated heterocycles. The molecule has 0 bridgehead atoms. The van der Waals surface area contributed by atoms with Gasteiger partial charge in [0.05, 0.1) is 5.69 Å². The van der Waals surface area contributed by atoms with Gasteiger partial charge in [0.2, 0.25) is 0 Å². The summed E-state index contributed by atoms with van der Waals surface area (Å²) < 4.78 is 5.96. The lowest BCUT2D eigenvalue weighted by Crippen LogP contribution is -2.40. The molecule has 0 aromatic heterocycles. The Morgan fingerprint density at radius 1 is 1.27 bits per heavy atom. The largest absolute Gasteiger partial charge is 0.446 e. The van der Waals surface area contributed by atoms with E-state index in [9.17, 15) is 4.79 Å². The lowest BCUT2D eigenvalue weighted by Gasteiger charge is -2.37. The van der Waals surface area contributed by atoms with E-state index in [0.717, 1.165) is 25.1 Å². The van der Waals surface area contributed by atoms with E-state index < -0.39 is 0 Å². The van der Waals surface area contributed by atoms with Gasteiger partial charge in [0.25, 0.3) is 0 Å². The fourth-order valence-corrected chi connectivity index (χ4v) is 3.97. The molecule has 1 fully saturated rings. The first kappa shape index (κ1) is 15.4. The molecular weight excluding hydrogens is 274 g/mol. The van der Waals surface area contributed by atoms with Crippen molar-refractivity contribution in [2.45, 2.75) is 52.6 Å². The standard InChI is InChI=1S/C19H27NO2/c1-13(2)16-9-8-14(3)12-18(16)22-19(21)20-11-10-15-6-4-5-7-17(15)20/h4-7,13-14,16,18H,8-12H2,1-3H3/t14-,16+,18-/m1/s1. The minimum Gasteiger partial charge on any atom is -0.446 e. The van der Waals surface area contributed by atoms with Crippen molar-refractivity contribution in [1.29, 1.82) is 0 Å². The van der Waals surface area contributed by atoms with Crippen LogP contribution in [0.15, 0.2) is 24.3 Å². The van der Waals surface area contributed by atoms with E-state index in [1.165, 1.54) is 18.4 Å². The second-order valence-electron chi connectivity index (χ2n) is 7.28. The van der Waals surface area contributed by atoms with Crippen LogP contribution in [0.2, 0.25) is 0 Å². The first-order valence-electron chi connectivity index (χ1n) is 8.62. The summed E-state index contributed by atoms with van der Waals surface area (Å²) in [5, 5.41) is 0. The van der Waals surface area contributed by atoms with Crippen molar-refractivity contribution in [1.82, 2.24) is 0 Å². The average molecular weight is 301 g/mol. The Morgan fingerprint density at radius 3 is 2.82 bits per heavy atom. The second kappa shape index (κ2) is 6.31. The molecule has 2 aliphatic rings.